The summed E-state index contributed by atoms with van der Waals surface area (Å²) in [6, 6.07) is 11.0. The third-order valence-electron chi connectivity index (χ3n) is 2.86. The summed E-state index contributed by atoms with van der Waals surface area (Å²) >= 11 is 3.77. The largest absolute Gasteiger partial charge is 0.513 e. The molecule has 0 heterocycles. The summed E-state index contributed by atoms with van der Waals surface area (Å²) in [4.78, 5) is 0. The second-order valence-corrected chi connectivity index (χ2v) is 10.7. The zero-order valence-electron chi connectivity index (χ0n) is 12.0. The number of hydrogen-bond donors (Lipinski definition) is 0. The standard InChI is InChI=1S/C15H25BrO2Si/c1-3-5-6-10-14-19(16,17-13-4-2)18-15-11-8-7-9-12-15/h7-9,11-12H,3-6,10,13-14H2,1-2H3. The van der Waals surface area contributed by atoms with Crippen LogP contribution >= 0.6 is 15.3 Å². The van der Waals surface area contributed by atoms with Gasteiger partial charge < -0.3 is 8.85 Å². The summed E-state index contributed by atoms with van der Waals surface area (Å²) < 4.78 is 12.1. The zero-order chi connectivity index (χ0) is 14.0. The Morgan fingerprint density at radius 2 is 1.74 bits per heavy atom. The fourth-order valence-corrected chi connectivity index (χ4v) is 5.70. The average molecular weight is 345 g/mol. The Balaban J connectivity index is 2.53. The molecule has 1 aromatic carbocycles. The van der Waals surface area contributed by atoms with Crippen molar-refractivity contribution < 1.29 is 8.85 Å². The number of rotatable bonds is 10. The molecule has 0 N–H and O–H groups in total. The van der Waals surface area contributed by atoms with Gasteiger partial charge in [-0.2, -0.15) is 0 Å². The Bertz CT molecular complexity index is 334. The van der Waals surface area contributed by atoms with Crippen molar-refractivity contribution in [1.29, 1.82) is 0 Å². The van der Waals surface area contributed by atoms with Crippen molar-refractivity contribution in [2.24, 2.45) is 0 Å². The molecule has 0 amide bonds. The molecule has 0 fully saturated rings. The highest BCUT2D eigenvalue weighted by molar-refractivity contribution is 9.25. The maximum Gasteiger partial charge on any atom is 0.475 e. The summed E-state index contributed by atoms with van der Waals surface area (Å²) in [7, 11) is -2.25. The number of benzene rings is 1. The summed E-state index contributed by atoms with van der Waals surface area (Å²) in [5.41, 5.74) is 0. The van der Waals surface area contributed by atoms with E-state index in [1.54, 1.807) is 0 Å². The molecule has 0 bridgehead atoms. The Morgan fingerprint density at radius 1 is 1.00 bits per heavy atom. The van der Waals surface area contributed by atoms with Gasteiger partial charge in [-0.3, -0.25) is 0 Å². The summed E-state index contributed by atoms with van der Waals surface area (Å²) in [5.74, 6) is 0.901. The molecule has 0 aliphatic carbocycles. The first-order valence-electron chi connectivity index (χ1n) is 7.27. The Kier molecular flexibility index (Phi) is 8.42. The zero-order valence-corrected chi connectivity index (χ0v) is 14.6. The highest BCUT2D eigenvalue weighted by Crippen LogP contribution is 2.27. The Morgan fingerprint density at radius 3 is 2.37 bits per heavy atom. The minimum Gasteiger partial charge on any atom is -0.513 e. The number of para-hydroxylation sites is 1. The SMILES string of the molecule is CCCCCC[Si](Br)(OCCC)Oc1ccccc1. The lowest BCUT2D eigenvalue weighted by molar-refractivity contribution is 0.257. The molecule has 108 valence electrons. The number of halogens is 1. The molecule has 1 unspecified atom stereocenters. The van der Waals surface area contributed by atoms with E-state index in [0.717, 1.165) is 24.8 Å². The molecular formula is C15H25BrO2Si. The van der Waals surface area contributed by atoms with E-state index in [4.69, 9.17) is 8.85 Å². The normalized spacial score (nSPS) is 14.1. The van der Waals surface area contributed by atoms with E-state index >= 15 is 0 Å². The van der Waals surface area contributed by atoms with Crippen LogP contribution in [-0.2, 0) is 4.43 Å². The van der Waals surface area contributed by atoms with Crippen molar-refractivity contribution in [3.05, 3.63) is 30.3 Å². The molecule has 0 aliphatic rings. The van der Waals surface area contributed by atoms with Gasteiger partial charge in [0.1, 0.15) is 5.75 Å². The molecule has 0 aliphatic heterocycles. The van der Waals surface area contributed by atoms with E-state index in [1.807, 2.05) is 30.3 Å². The van der Waals surface area contributed by atoms with Crippen LogP contribution in [0, 0.1) is 0 Å². The van der Waals surface area contributed by atoms with Gasteiger partial charge in [-0.15, -0.1) is 0 Å². The molecule has 0 saturated carbocycles. The van der Waals surface area contributed by atoms with Crippen molar-refractivity contribution >= 4 is 22.5 Å². The lowest BCUT2D eigenvalue weighted by Crippen LogP contribution is -2.39. The van der Waals surface area contributed by atoms with Crippen LogP contribution in [0.1, 0.15) is 46.0 Å². The van der Waals surface area contributed by atoms with E-state index in [0.29, 0.717) is 0 Å². The molecular weight excluding hydrogens is 320 g/mol. The van der Waals surface area contributed by atoms with Crippen LogP contribution in [-0.4, -0.2) is 13.8 Å². The maximum absolute atomic E-state index is 6.12. The fourth-order valence-electron chi connectivity index (χ4n) is 1.83. The van der Waals surface area contributed by atoms with Crippen molar-refractivity contribution in [2.75, 3.05) is 6.61 Å². The van der Waals surface area contributed by atoms with Crippen LogP contribution in [0.4, 0.5) is 0 Å². The summed E-state index contributed by atoms with van der Waals surface area (Å²) in [6.45, 7) is 5.12. The molecule has 0 radical (unpaired) electrons. The van der Waals surface area contributed by atoms with E-state index in [1.165, 1.54) is 25.7 Å². The van der Waals surface area contributed by atoms with Gasteiger partial charge in [-0.1, -0.05) is 51.3 Å². The van der Waals surface area contributed by atoms with Crippen molar-refractivity contribution in [2.45, 2.75) is 52.0 Å². The van der Waals surface area contributed by atoms with Crippen LogP contribution in [0.15, 0.2) is 30.3 Å². The quantitative estimate of drug-likeness (QED) is 0.321. The van der Waals surface area contributed by atoms with Gasteiger partial charge in [0.2, 0.25) is 0 Å². The predicted molar refractivity (Wildman–Crippen MR) is 86.9 cm³/mol. The Hall–Kier alpha value is -0.323. The van der Waals surface area contributed by atoms with Gasteiger partial charge in [0.15, 0.2) is 0 Å². The van der Waals surface area contributed by atoms with Crippen LogP contribution in [0.5, 0.6) is 5.75 Å². The molecule has 4 heteroatoms. The van der Waals surface area contributed by atoms with Gasteiger partial charge in [0.05, 0.1) is 0 Å². The molecule has 1 rings (SSSR count). The first kappa shape index (κ1) is 16.7. The lowest BCUT2D eigenvalue weighted by Gasteiger charge is -2.25. The highest BCUT2D eigenvalue weighted by Gasteiger charge is 2.36. The monoisotopic (exact) mass is 344 g/mol. The minimum absolute atomic E-state index is 0.762. The second-order valence-electron chi connectivity index (χ2n) is 4.73. The summed E-state index contributed by atoms with van der Waals surface area (Å²) in [5, 5.41) is 0. The second kappa shape index (κ2) is 9.56. The smallest absolute Gasteiger partial charge is 0.475 e. The number of unbranched alkanes of at least 4 members (excludes halogenated alkanes) is 3. The lowest BCUT2D eigenvalue weighted by atomic mass is 10.2. The highest BCUT2D eigenvalue weighted by atomic mass is 79.9. The van der Waals surface area contributed by atoms with Crippen LogP contribution in [0.2, 0.25) is 6.04 Å². The van der Waals surface area contributed by atoms with Crippen LogP contribution < -0.4 is 4.43 Å². The van der Waals surface area contributed by atoms with Crippen molar-refractivity contribution in [1.82, 2.24) is 0 Å². The fraction of sp³-hybridized carbons (Fsp3) is 0.600. The molecule has 2 nitrogen and oxygen atoms in total. The molecule has 0 spiro atoms. The first-order valence-corrected chi connectivity index (χ1v) is 11.5. The van der Waals surface area contributed by atoms with Crippen molar-refractivity contribution in [3.63, 3.8) is 0 Å². The molecule has 1 aromatic rings. The molecule has 19 heavy (non-hydrogen) atoms. The van der Waals surface area contributed by atoms with E-state index < -0.39 is 7.18 Å². The van der Waals surface area contributed by atoms with Crippen LogP contribution in [0.25, 0.3) is 0 Å². The van der Waals surface area contributed by atoms with Gasteiger partial charge >= 0.3 is 7.18 Å². The number of hydrogen-bond acceptors (Lipinski definition) is 2. The van der Waals surface area contributed by atoms with Gasteiger partial charge in [-0.05, 0) is 40.3 Å². The predicted octanol–water partition coefficient (Wildman–Crippen LogP) is 5.41. The Labute approximate surface area is 126 Å². The average Bonchev–Trinajstić information content (AvgIpc) is 2.43. The van der Waals surface area contributed by atoms with Crippen LogP contribution in [0.3, 0.4) is 0 Å². The maximum atomic E-state index is 6.12. The third kappa shape index (κ3) is 7.13. The van der Waals surface area contributed by atoms with Gasteiger partial charge in [0.25, 0.3) is 0 Å². The molecule has 1 atom stereocenters. The molecule has 0 aromatic heterocycles. The van der Waals surface area contributed by atoms with Crippen molar-refractivity contribution in [3.8, 4) is 5.75 Å². The minimum atomic E-state index is -2.25. The van der Waals surface area contributed by atoms with Gasteiger partial charge in [-0.25, -0.2) is 0 Å². The summed E-state index contributed by atoms with van der Waals surface area (Å²) in [6.07, 6.45) is 5.99. The first-order chi connectivity index (χ1) is 9.20. The van der Waals surface area contributed by atoms with Gasteiger partial charge in [0, 0.05) is 12.7 Å². The van der Waals surface area contributed by atoms with E-state index in [2.05, 4.69) is 29.1 Å². The molecule has 0 saturated heterocycles. The van der Waals surface area contributed by atoms with E-state index in [-0.39, 0.29) is 0 Å². The third-order valence-corrected chi connectivity index (χ3v) is 7.35. The van der Waals surface area contributed by atoms with E-state index in [9.17, 15) is 0 Å². The topological polar surface area (TPSA) is 18.5 Å².